The number of rotatable bonds is 6. The molecule has 6 atom stereocenters. The van der Waals surface area contributed by atoms with Crippen LogP contribution in [0.2, 0.25) is 0 Å². The predicted octanol–water partition coefficient (Wildman–Crippen LogP) is 3.72. The number of hydrogen-bond acceptors (Lipinski definition) is 10. The molecule has 0 aromatic heterocycles. The maximum absolute atomic E-state index is 13.7. The molecular formula is C35H46N4O8. The lowest BCUT2D eigenvalue weighted by molar-refractivity contribution is -0.119. The molecule has 0 radical (unpaired) electrons. The Morgan fingerprint density at radius 3 is 2.45 bits per heavy atom. The number of aliphatic hydroxyl groups is 1. The van der Waals surface area contributed by atoms with Gasteiger partial charge in [0.2, 0.25) is 5.78 Å². The Balaban J connectivity index is 2.06. The summed E-state index contributed by atoms with van der Waals surface area (Å²) in [6.45, 7) is 7.23. The van der Waals surface area contributed by atoms with Crippen LogP contribution < -0.4 is 16.8 Å². The van der Waals surface area contributed by atoms with Crippen LogP contribution in [0.25, 0.3) is 0 Å². The van der Waals surface area contributed by atoms with Gasteiger partial charge in [-0.15, -0.1) is 0 Å². The largest absolute Gasteiger partial charge is 0.439 e. The zero-order valence-electron chi connectivity index (χ0n) is 27.8. The van der Waals surface area contributed by atoms with Gasteiger partial charge in [0.15, 0.2) is 6.10 Å². The monoisotopic (exact) mass is 650 g/mol. The smallest absolute Gasteiger partial charge is 0.405 e. The summed E-state index contributed by atoms with van der Waals surface area (Å²) in [6, 6.07) is 9.44. The van der Waals surface area contributed by atoms with Gasteiger partial charge in [-0.05, 0) is 49.8 Å². The standard InChI is InChI=1S/C35H46N4O8/c1-20-15-25-30(36)26(39-46-19-24-12-8-7-9-13-24)18-27(32(25)41)38-34(42)21(2)11-10-14-28(44-5)33(47-35(37)43)23(4)17-22(3)31(40)29(16-20)45-6/h7-14,17-18,20,22,28-29,31,33,40H,15-16,19,36H2,1-6H3,(H2,37,43)(H,38,42)/b14-10-,21-11+,23-17+,39-26+/t20-,22+,28+,29+,31-,33+/m1/s1. The Morgan fingerprint density at radius 1 is 1.11 bits per heavy atom. The van der Waals surface area contributed by atoms with E-state index < -0.39 is 48.1 Å². The molecule has 2 aliphatic rings. The minimum atomic E-state index is -0.995. The molecule has 47 heavy (non-hydrogen) atoms. The van der Waals surface area contributed by atoms with E-state index in [2.05, 4.69) is 10.5 Å². The molecule has 1 heterocycles. The number of nitrogens with one attached hydrogen (secondary N) is 1. The van der Waals surface area contributed by atoms with Gasteiger partial charge in [-0.25, -0.2) is 4.79 Å². The number of carbonyl (C=O) groups is 3. The van der Waals surface area contributed by atoms with Gasteiger partial charge in [0.1, 0.15) is 18.4 Å². The summed E-state index contributed by atoms with van der Waals surface area (Å²) in [6.07, 6.45) is 4.21. The van der Waals surface area contributed by atoms with E-state index in [1.54, 1.807) is 32.1 Å². The average Bonchev–Trinajstić information content (AvgIpc) is 3.04. The van der Waals surface area contributed by atoms with Gasteiger partial charge in [-0.3, -0.25) is 9.59 Å². The van der Waals surface area contributed by atoms with Crippen molar-refractivity contribution in [1.82, 2.24) is 5.32 Å². The second-order valence-corrected chi connectivity index (χ2v) is 11.8. The maximum Gasteiger partial charge on any atom is 0.405 e. The Bertz CT molecular complexity index is 1480. The highest BCUT2D eigenvalue weighted by molar-refractivity contribution is 6.25. The number of carbonyl (C=O) groups excluding carboxylic acids is 3. The number of ether oxygens (including phenoxy) is 3. The lowest BCUT2D eigenvalue weighted by atomic mass is 9.85. The van der Waals surface area contributed by atoms with Gasteiger partial charge in [-0.1, -0.05) is 73.6 Å². The summed E-state index contributed by atoms with van der Waals surface area (Å²) in [7, 11) is 2.95. The van der Waals surface area contributed by atoms with Gasteiger partial charge in [-0.2, -0.15) is 0 Å². The van der Waals surface area contributed by atoms with Crippen LogP contribution in [0.3, 0.4) is 0 Å². The number of methoxy groups -OCH3 is 2. The summed E-state index contributed by atoms with van der Waals surface area (Å²) in [5.41, 5.74) is 14.2. The van der Waals surface area contributed by atoms with Crippen LogP contribution in [0, 0.1) is 11.8 Å². The minimum absolute atomic E-state index is 0.00966. The van der Waals surface area contributed by atoms with Crippen molar-refractivity contribution in [3.8, 4) is 0 Å². The first-order chi connectivity index (χ1) is 22.4. The Morgan fingerprint density at radius 2 is 1.81 bits per heavy atom. The molecule has 2 bridgehead atoms. The van der Waals surface area contributed by atoms with Crippen LogP contribution in [0.15, 0.2) is 94.0 Å². The molecule has 1 aromatic rings. The third-order valence-corrected chi connectivity index (χ3v) is 8.09. The maximum atomic E-state index is 13.7. The van der Waals surface area contributed by atoms with Crippen LogP contribution in [0.5, 0.6) is 0 Å². The highest BCUT2D eigenvalue weighted by Gasteiger charge is 2.32. The van der Waals surface area contributed by atoms with Crippen LogP contribution in [0.4, 0.5) is 4.79 Å². The van der Waals surface area contributed by atoms with Crippen molar-refractivity contribution in [2.24, 2.45) is 28.5 Å². The molecular weight excluding hydrogens is 604 g/mol. The zero-order chi connectivity index (χ0) is 34.7. The fraction of sp³-hybridized carbons (Fsp3) is 0.429. The number of oxime groups is 1. The molecule has 0 fully saturated rings. The molecule has 0 saturated heterocycles. The van der Waals surface area contributed by atoms with E-state index in [0.717, 1.165) is 5.56 Å². The molecule has 0 saturated carbocycles. The quantitative estimate of drug-likeness (QED) is 0.202. The van der Waals surface area contributed by atoms with E-state index in [4.69, 9.17) is 30.5 Å². The van der Waals surface area contributed by atoms with Crippen molar-refractivity contribution in [2.75, 3.05) is 14.2 Å². The summed E-state index contributed by atoms with van der Waals surface area (Å²) in [5.74, 6) is -1.61. The van der Waals surface area contributed by atoms with Gasteiger partial charge in [0.25, 0.3) is 5.91 Å². The zero-order valence-corrected chi connectivity index (χ0v) is 27.8. The van der Waals surface area contributed by atoms with Gasteiger partial charge >= 0.3 is 6.09 Å². The van der Waals surface area contributed by atoms with E-state index >= 15 is 0 Å². The predicted molar refractivity (Wildman–Crippen MR) is 177 cm³/mol. The number of fused-ring (bicyclic) bond motifs is 2. The molecule has 0 spiro atoms. The van der Waals surface area contributed by atoms with E-state index in [0.29, 0.717) is 12.0 Å². The van der Waals surface area contributed by atoms with E-state index in [9.17, 15) is 19.5 Å². The molecule has 0 unspecified atom stereocenters. The third kappa shape index (κ3) is 10.2. The van der Waals surface area contributed by atoms with E-state index in [1.165, 1.54) is 26.4 Å². The second kappa shape index (κ2) is 17.4. The van der Waals surface area contributed by atoms with E-state index in [1.807, 2.05) is 44.2 Å². The highest BCUT2D eigenvalue weighted by Crippen LogP contribution is 2.28. The van der Waals surface area contributed by atoms with Crippen LogP contribution in [0.1, 0.15) is 46.1 Å². The van der Waals surface area contributed by atoms with Crippen molar-refractivity contribution < 1.29 is 38.5 Å². The molecule has 1 aliphatic heterocycles. The molecule has 1 aliphatic carbocycles. The molecule has 2 amide bonds. The Hall–Kier alpha value is -4.52. The summed E-state index contributed by atoms with van der Waals surface area (Å²) in [5, 5.41) is 18.2. The van der Waals surface area contributed by atoms with Gasteiger partial charge in [0, 0.05) is 31.3 Å². The first-order valence-corrected chi connectivity index (χ1v) is 15.4. The fourth-order valence-corrected chi connectivity index (χ4v) is 5.44. The number of primary amides is 1. The van der Waals surface area contributed by atoms with E-state index in [-0.39, 0.29) is 47.2 Å². The second-order valence-electron chi connectivity index (χ2n) is 11.8. The number of benzene rings is 1. The summed E-state index contributed by atoms with van der Waals surface area (Å²) in [4.78, 5) is 44.3. The SMILES string of the molecule is CO[C@H]1/C=C\C=C(/C)C(=O)NC2=C/C(=N\OCc3ccccc3)C(N)=C(C[C@@H](C)C[C@H](OC)[C@H](O)[C@@H](C)/C=C(\C)[C@@H]1OC(N)=O)C2=O. The minimum Gasteiger partial charge on any atom is -0.439 e. The Kier molecular flexibility index (Phi) is 13.7. The highest BCUT2D eigenvalue weighted by atomic mass is 16.6. The molecule has 12 nitrogen and oxygen atoms in total. The molecule has 3 rings (SSSR count). The number of amides is 2. The number of allylic oxidation sites excluding steroid dienone is 4. The van der Waals surface area contributed by atoms with Crippen LogP contribution in [-0.4, -0.2) is 67.2 Å². The number of ketones is 1. The summed E-state index contributed by atoms with van der Waals surface area (Å²) >= 11 is 0. The van der Waals surface area contributed by atoms with Crippen molar-refractivity contribution in [3.05, 3.63) is 94.4 Å². The third-order valence-electron chi connectivity index (χ3n) is 8.09. The van der Waals surface area contributed by atoms with Crippen molar-refractivity contribution in [3.63, 3.8) is 0 Å². The molecule has 6 N–H and O–H groups in total. The Labute approximate surface area is 275 Å². The number of hydrogen-bond donors (Lipinski definition) is 4. The lowest BCUT2D eigenvalue weighted by Crippen LogP contribution is -2.37. The number of nitrogens with zero attached hydrogens (tertiary/aromatic N) is 1. The number of nitrogens with two attached hydrogens (primary N) is 2. The fourth-order valence-electron chi connectivity index (χ4n) is 5.44. The number of Topliss-reactive ketones (excluding diaryl/α,β-unsaturated/α-hetero) is 1. The molecule has 254 valence electrons. The van der Waals surface area contributed by atoms with Crippen LogP contribution in [-0.2, 0) is 35.2 Å². The first kappa shape index (κ1) is 36.9. The molecule has 12 heteroatoms. The molecule has 1 aromatic carbocycles. The van der Waals surface area contributed by atoms with Crippen molar-refractivity contribution >= 4 is 23.5 Å². The summed E-state index contributed by atoms with van der Waals surface area (Å²) < 4.78 is 16.7. The lowest BCUT2D eigenvalue weighted by Gasteiger charge is -2.30. The van der Waals surface area contributed by atoms with Crippen molar-refractivity contribution in [1.29, 1.82) is 0 Å². The topological polar surface area (TPSA) is 185 Å². The van der Waals surface area contributed by atoms with Gasteiger partial charge < -0.3 is 40.9 Å². The average molecular weight is 651 g/mol. The normalized spacial score (nSPS) is 30.4. The first-order valence-electron chi connectivity index (χ1n) is 15.4. The van der Waals surface area contributed by atoms with Gasteiger partial charge in [0.05, 0.1) is 23.6 Å². The van der Waals surface area contributed by atoms with Crippen LogP contribution >= 0.6 is 0 Å². The van der Waals surface area contributed by atoms with Crippen molar-refractivity contribution in [2.45, 2.75) is 71.6 Å². The number of aliphatic hydroxyl groups excluding tert-OH is 1.